The van der Waals surface area contributed by atoms with Gasteiger partial charge < -0.3 is 29.6 Å². The third-order valence-corrected chi connectivity index (χ3v) is 11.6. The molecule has 1 aliphatic heterocycles. The van der Waals surface area contributed by atoms with Crippen LogP contribution in [0.1, 0.15) is 56.2 Å². The van der Waals surface area contributed by atoms with Crippen LogP contribution in [0.3, 0.4) is 0 Å². The average Bonchev–Trinajstić information content (AvgIpc) is 3.80. The molecule has 8 rings (SSSR count). The highest BCUT2D eigenvalue weighted by Crippen LogP contribution is 2.47. The standard InChI is InChI=1S/C47H47ClN6O6/c1-28-19-30-21-33(20-28)38(22-30)43(58-4)34-23-32(14-17-40(55)57-3)44(39(48)24-34)59-26-29(2)47(56)53-18-8-9-35(25-53)54-46-41(45(49)50-27-51-46)42(52-54)31-12-15-37(16-13-31)60-36-10-6-5-7-11-36/h5-7,10-17,22-24,27-28,33,35H,2,8-9,18-21,25-26H2,1,3-4H3,(H2,49,50,51)/b17-14+,43-38+. The molecule has 5 aromatic rings. The van der Waals surface area contributed by atoms with Crippen molar-refractivity contribution in [1.82, 2.24) is 24.6 Å². The van der Waals surface area contributed by atoms with Gasteiger partial charge in [-0.05, 0) is 104 Å². The van der Waals surface area contributed by atoms with Crippen molar-refractivity contribution in [1.29, 1.82) is 0 Å². The lowest BCUT2D eigenvalue weighted by molar-refractivity contribution is -0.134. The first-order chi connectivity index (χ1) is 29.1. The minimum Gasteiger partial charge on any atom is -0.496 e. The number of anilines is 1. The van der Waals surface area contributed by atoms with Crippen LogP contribution < -0.4 is 15.2 Å². The summed E-state index contributed by atoms with van der Waals surface area (Å²) >= 11 is 6.94. The first kappa shape index (κ1) is 40.4. The van der Waals surface area contributed by atoms with Gasteiger partial charge in [0, 0.05) is 41.4 Å². The zero-order chi connectivity index (χ0) is 41.9. The van der Waals surface area contributed by atoms with Crippen LogP contribution in [-0.2, 0) is 19.1 Å². The van der Waals surface area contributed by atoms with E-state index in [2.05, 4.69) is 29.5 Å². The lowest BCUT2D eigenvalue weighted by atomic mass is 9.82. The zero-order valence-corrected chi connectivity index (χ0v) is 34.7. The molecule has 3 atom stereocenters. The van der Waals surface area contributed by atoms with Gasteiger partial charge in [-0.3, -0.25) is 4.79 Å². The van der Waals surface area contributed by atoms with Crippen molar-refractivity contribution < 1.29 is 28.5 Å². The molecule has 3 aromatic carbocycles. The summed E-state index contributed by atoms with van der Waals surface area (Å²) in [7, 11) is 2.97. The minimum atomic E-state index is -0.534. The molecule has 0 radical (unpaired) electrons. The van der Waals surface area contributed by atoms with Crippen LogP contribution in [0, 0.1) is 11.8 Å². The lowest BCUT2D eigenvalue weighted by Gasteiger charge is -2.33. The number of nitrogens with two attached hydrogens (primary N) is 1. The number of likely N-dealkylation sites (tertiary alicyclic amines) is 1. The van der Waals surface area contributed by atoms with Crippen molar-refractivity contribution in [3.05, 3.63) is 125 Å². The molecular weight excluding hydrogens is 780 g/mol. The van der Waals surface area contributed by atoms with Gasteiger partial charge in [-0.2, -0.15) is 5.10 Å². The van der Waals surface area contributed by atoms with E-state index in [0.29, 0.717) is 69.6 Å². The number of hydrogen-bond acceptors (Lipinski definition) is 10. The number of fused-ring (bicyclic) bond motifs is 3. The lowest BCUT2D eigenvalue weighted by Crippen LogP contribution is -2.42. The number of nitrogens with zero attached hydrogens (tertiary/aromatic N) is 5. The molecule has 3 heterocycles. The van der Waals surface area contributed by atoms with Crippen LogP contribution in [0.25, 0.3) is 34.1 Å². The van der Waals surface area contributed by atoms with E-state index < -0.39 is 5.97 Å². The van der Waals surface area contributed by atoms with E-state index in [4.69, 9.17) is 41.4 Å². The minimum absolute atomic E-state index is 0.134. The molecule has 13 heteroatoms. The number of esters is 1. The molecular formula is C47H47ClN6O6. The smallest absolute Gasteiger partial charge is 0.330 e. The first-order valence-electron chi connectivity index (χ1n) is 20.1. The van der Waals surface area contributed by atoms with Crippen LogP contribution in [0.2, 0.25) is 5.02 Å². The quantitative estimate of drug-likeness (QED) is 0.0735. The maximum atomic E-state index is 14.0. The fourth-order valence-electron chi connectivity index (χ4n) is 8.63. The number of para-hydroxylation sites is 1. The van der Waals surface area contributed by atoms with Gasteiger partial charge in [0.1, 0.15) is 47.5 Å². The number of carbonyl (C=O) groups excluding carboxylic acids is 2. The van der Waals surface area contributed by atoms with Crippen molar-refractivity contribution in [2.75, 3.05) is 39.6 Å². The Bertz CT molecular complexity index is 2550. The molecule has 0 spiro atoms. The highest BCUT2D eigenvalue weighted by Gasteiger charge is 2.33. The fourth-order valence-corrected chi connectivity index (χ4v) is 8.92. The second kappa shape index (κ2) is 17.4. The Morgan fingerprint density at radius 1 is 1.02 bits per heavy atom. The average molecular weight is 827 g/mol. The van der Waals surface area contributed by atoms with E-state index in [1.165, 1.54) is 25.1 Å². The monoisotopic (exact) mass is 826 g/mol. The third-order valence-electron chi connectivity index (χ3n) is 11.4. The molecule has 60 heavy (non-hydrogen) atoms. The van der Waals surface area contributed by atoms with Crippen molar-refractivity contribution in [2.24, 2.45) is 11.8 Å². The molecule has 3 aliphatic rings. The van der Waals surface area contributed by atoms with Gasteiger partial charge in [-0.15, -0.1) is 0 Å². The number of piperidine rings is 1. The number of hydrogen-bond donors (Lipinski definition) is 1. The van der Waals surface area contributed by atoms with E-state index in [1.54, 1.807) is 24.2 Å². The molecule has 2 aliphatic carbocycles. The van der Waals surface area contributed by atoms with E-state index in [-0.39, 0.29) is 24.1 Å². The maximum Gasteiger partial charge on any atom is 0.330 e. The van der Waals surface area contributed by atoms with E-state index in [0.717, 1.165) is 60.3 Å². The molecule has 1 saturated carbocycles. The molecule has 2 N–H and O–H groups in total. The van der Waals surface area contributed by atoms with Crippen LogP contribution in [0.5, 0.6) is 17.2 Å². The Morgan fingerprint density at radius 3 is 2.57 bits per heavy atom. The van der Waals surface area contributed by atoms with Crippen LogP contribution in [-0.4, -0.2) is 70.4 Å². The summed E-state index contributed by atoms with van der Waals surface area (Å²) in [6.07, 6.45) is 11.3. The summed E-state index contributed by atoms with van der Waals surface area (Å²) in [4.78, 5) is 36.8. The molecule has 2 aromatic heterocycles. The summed E-state index contributed by atoms with van der Waals surface area (Å²) in [5.74, 6) is 2.98. The number of carbonyl (C=O) groups is 2. The van der Waals surface area contributed by atoms with Gasteiger partial charge in [0.15, 0.2) is 5.65 Å². The highest BCUT2D eigenvalue weighted by molar-refractivity contribution is 6.32. The molecule has 2 fully saturated rings. The first-order valence-corrected chi connectivity index (χ1v) is 20.5. The number of rotatable bonds is 12. The fraction of sp³-hybridized carbons (Fsp3) is 0.298. The number of methoxy groups -OCH3 is 2. The Balaban J connectivity index is 1.000. The topological polar surface area (TPSA) is 144 Å². The van der Waals surface area contributed by atoms with Crippen LogP contribution in [0.15, 0.2) is 109 Å². The van der Waals surface area contributed by atoms with Gasteiger partial charge in [-0.25, -0.2) is 19.4 Å². The van der Waals surface area contributed by atoms with E-state index in [9.17, 15) is 9.59 Å². The normalized spacial score (nSPS) is 19.6. The largest absolute Gasteiger partial charge is 0.496 e. The summed E-state index contributed by atoms with van der Waals surface area (Å²) in [5, 5.41) is 5.98. The summed E-state index contributed by atoms with van der Waals surface area (Å²) in [6, 6.07) is 20.7. The Hall–Kier alpha value is -6.40. The number of benzene rings is 3. The second-order valence-electron chi connectivity index (χ2n) is 15.6. The number of nitrogen functional groups attached to an aromatic ring is 1. The van der Waals surface area contributed by atoms with Gasteiger partial charge in [0.25, 0.3) is 5.91 Å². The van der Waals surface area contributed by atoms with Gasteiger partial charge >= 0.3 is 5.97 Å². The van der Waals surface area contributed by atoms with Crippen molar-refractivity contribution >= 4 is 52.2 Å². The molecule has 1 amide bonds. The van der Waals surface area contributed by atoms with Crippen LogP contribution >= 0.6 is 11.6 Å². The third kappa shape index (κ3) is 8.37. The predicted octanol–water partition coefficient (Wildman–Crippen LogP) is 9.24. The Kier molecular flexibility index (Phi) is 11.7. The number of aromatic nitrogens is 4. The molecule has 12 nitrogen and oxygen atoms in total. The van der Waals surface area contributed by atoms with Crippen molar-refractivity contribution in [3.8, 4) is 28.5 Å². The van der Waals surface area contributed by atoms with Crippen molar-refractivity contribution in [2.45, 2.75) is 45.1 Å². The Morgan fingerprint density at radius 2 is 1.80 bits per heavy atom. The predicted molar refractivity (Wildman–Crippen MR) is 232 cm³/mol. The van der Waals surface area contributed by atoms with E-state index >= 15 is 0 Å². The summed E-state index contributed by atoms with van der Waals surface area (Å²) in [5.41, 5.74) is 12.6. The number of ether oxygens (including phenoxy) is 4. The number of amides is 1. The highest BCUT2D eigenvalue weighted by atomic mass is 35.5. The maximum absolute atomic E-state index is 14.0. The van der Waals surface area contributed by atoms with E-state index in [1.807, 2.05) is 65.3 Å². The zero-order valence-electron chi connectivity index (χ0n) is 33.9. The second-order valence-corrected chi connectivity index (χ2v) is 16.0. The number of halogens is 1. The van der Waals surface area contributed by atoms with Gasteiger partial charge in [0.2, 0.25) is 0 Å². The molecule has 2 bridgehead atoms. The number of allylic oxidation sites excluding steroid dienone is 3. The van der Waals surface area contributed by atoms with Gasteiger partial charge in [0.05, 0.1) is 30.7 Å². The van der Waals surface area contributed by atoms with Gasteiger partial charge in [-0.1, -0.05) is 55.0 Å². The molecule has 308 valence electrons. The van der Waals surface area contributed by atoms with Crippen molar-refractivity contribution in [3.63, 3.8) is 0 Å². The summed E-state index contributed by atoms with van der Waals surface area (Å²) < 4.78 is 25.0. The summed E-state index contributed by atoms with van der Waals surface area (Å²) in [6.45, 7) is 7.17. The molecule has 1 saturated heterocycles. The SMILES string of the molecule is C=C(COc1c(Cl)cc(/C(OC)=C2/C=C3CC(C)CC2C3)cc1/C=C/C(=O)OC)C(=O)N1CCCC(n2nc(-c3ccc(Oc4ccccc4)cc3)c3c(N)ncnc32)C1. The Labute approximate surface area is 353 Å². The molecule has 3 unspecified atom stereocenters. The van der Waals surface area contributed by atoms with Crippen LogP contribution in [0.4, 0.5) is 5.82 Å².